The number of hydrogen-bond acceptors (Lipinski definition) is 1. The minimum Gasteiger partial charge on any atom is -0.493 e. The fraction of sp³-hybridized carbons (Fsp3) is 0.125. The van der Waals surface area contributed by atoms with Gasteiger partial charge in [0.15, 0.2) is 0 Å². The van der Waals surface area contributed by atoms with Gasteiger partial charge in [-0.05, 0) is 19.1 Å². The highest BCUT2D eigenvalue weighted by Crippen LogP contribution is 2.16. The molecule has 0 aliphatic rings. The molecule has 0 atom stereocenters. The summed E-state index contributed by atoms with van der Waals surface area (Å²) >= 11 is 0. The van der Waals surface area contributed by atoms with Crippen LogP contribution in [0, 0.1) is 11.5 Å². The van der Waals surface area contributed by atoms with E-state index in [1.807, 2.05) is 37.3 Å². The maximum atomic E-state index is 5.55. The zero-order valence-corrected chi connectivity index (χ0v) is 11.9. The number of benzene rings is 2. The van der Waals surface area contributed by atoms with Crippen LogP contribution < -0.4 is 9.92 Å². The monoisotopic (exact) mass is 252 g/mol. The minimum atomic E-state index is -0.502. The highest BCUT2D eigenvalue weighted by Gasteiger charge is 1.97. The van der Waals surface area contributed by atoms with Crippen molar-refractivity contribution in [1.82, 2.24) is 0 Å². The number of para-hydroxylation sites is 1. The molecule has 0 bridgehead atoms. The smallest absolute Gasteiger partial charge is 0.138 e. The summed E-state index contributed by atoms with van der Waals surface area (Å²) < 4.78 is 5.55. The Morgan fingerprint density at radius 1 is 1.00 bits per heavy atom. The van der Waals surface area contributed by atoms with Gasteiger partial charge < -0.3 is 4.74 Å². The van der Waals surface area contributed by atoms with Gasteiger partial charge in [-0.25, -0.2) is 0 Å². The van der Waals surface area contributed by atoms with Crippen LogP contribution in [0.1, 0.15) is 12.5 Å². The van der Waals surface area contributed by atoms with Crippen LogP contribution in [0.2, 0.25) is 0 Å². The van der Waals surface area contributed by atoms with E-state index in [9.17, 15) is 0 Å². The molecule has 90 valence electrons. The van der Waals surface area contributed by atoms with Crippen LogP contribution in [-0.2, 0) is 0 Å². The van der Waals surface area contributed by atoms with Crippen LogP contribution in [0.4, 0.5) is 0 Å². The van der Waals surface area contributed by atoms with Crippen molar-refractivity contribution in [2.24, 2.45) is 0 Å². The van der Waals surface area contributed by atoms with Gasteiger partial charge in [0.2, 0.25) is 0 Å². The fourth-order valence-corrected chi connectivity index (χ4v) is 2.68. The SMILES string of the molecule is CCOc1ccccc1C#C[SiH2]c1ccccc1. The molecule has 1 nitrogen and oxygen atoms in total. The standard InChI is InChI=1S/C16H16OSi/c1-2-17-16-11-7-6-8-14(16)12-13-18-15-9-4-3-5-10-15/h3-11H,2,18H2,1H3. The molecular formula is C16H16OSi. The van der Waals surface area contributed by atoms with Gasteiger partial charge >= 0.3 is 0 Å². The van der Waals surface area contributed by atoms with Crippen molar-refractivity contribution in [1.29, 1.82) is 0 Å². The number of ether oxygens (including phenoxy) is 1. The van der Waals surface area contributed by atoms with E-state index in [0.717, 1.165) is 11.3 Å². The molecule has 0 heterocycles. The van der Waals surface area contributed by atoms with E-state index in [-0.39, 0.29) is 0 Å². The molecule has 0 saturated carbocycles. The molecule has 0 spiro atoms. The van der Waals surface area contributed by atoms with Gasteiger partial charge in [-0.3, -0.25) is 0 Å². The van der Waals surface area contributed by atoms with Crippen molar-refractivity contribution >= 4 is 14.7 Å². The largest absolute Gasteiger partial charge is 0.493 e. The Balaban J connectivity index is 2.10. The summed E-state index contributed by atoms with van der Waals surface area (Å²) in [6.45, 7) is 2.66. The normalized spacial score (nSPS) is 10.1. The zero-order chi connectivity index (χ0) is 12.6. The van der Waals surface area contributed by atoms with Crippen molar-refractivity contribution < 1.29 is 4.74 Å². The van der Waals surface area contributed by atoms with Crippen molar-refractivity contribution in [3.05, 3.63) is 60.2 Å². The number of rotatable bonds is 3. The first kappa shape index (κ1) is 12.5. The van der Waals surface area contributed by atoms with E-state index >= 15 is 0 Å². The fourth-order valence-electron chi connectivity index (χ4n) is 1.69. The summed E-state index contributed by atoms with van der Waals surface area (Å²) in [7, 11) is -0.502. The second-order valence-corrected chi connectivity index (χ2v) is 5.42. The Kier molecular flexibility index (Phi) is 4.63. The average Bonchev–Trinajstić information content (AvgIpc) is 2.42. The molecule has 0 aliphatic heterocycles. The van der Waals surface area contributed by atoms with Gasteiger partial charge in [0.1, 0.15) is 15.3 Å². The Hall–Kier alpha value is -1.98. The molecule has 0 fully saturated rings. The summed E-state index contributed by atoms with van der Waals surface area (Å²) in [5, 5.41) is 1.37. The maximum absolute atomic E-state index is 5.55. The van der Waals surface area contributed by atoms with Crippen molar-refractivity contribution in [3.63, 3.8) is 0 Å². The second kappa shape index (κ2) is 6.68. The summed E-state index contributed by atoms with van der Waals surface area (Å²) in [5.74, 6) is 4.12. The molecule has 2 rings (SSSR count). The maximum Gasteiger partial charge on any atom is 0.138 e. The van der Waals surface area contributed by atoms with Gasteiger partial charge in [0.05, 0.1) is 12.2 Å². The van der Waals surface area contributed by atoms with Gasteiger partial charge in [-0.1, -0.05) is 53.6 Å². The minimum absolute atomic E-state index is 0.502. The molecule has 0 saturated heterocycles. The Bertz CT molecular complexity index is 552. The first-order valence-corrected chi connectivity index (χ1v) is 7.56. The molecule has 0 N–H and O–H groups in total. The predicted molar refractivity (Wildman–Crippen MR) is 79.1 cm³/mol. The van der Waals surface area contributed by atoms with E-state index in [1.165, 1.54) is 5.19 Å². The first-order valence-electron chi connectivity index (χ1n) is 6.15. The lowest BCUT2D eigenvalue weighted by molar-refractivity contribution is 0.339. The Labute approximate surface area is 111 Å². The van der Waals surface area contributed by atoms with E-state index in [1.54, 1.807) is 0 Å². The lowest BCUT2D eigenvalue weighted by Gasteiger charge is -2.04. The van der Waals surface area contributed by atoms with E-state index in [4.69, 9.17) is 4.74 Å². The van der Waals surface area contributed by atoms with E-state index in [0.29, 0.717) is 6.61 Å². The lowest BCUT2D eigenvalue weighted by atomic mass is 10.2. The number of hydrogen-bond donors (Lipinski definition) is 0. The van der Waals surface area contributed by atoms with Gasteiger partial charge in [0, 0.05) is 0 Å². The van der Waals surface area contributed by atoms with Crippen LogP contribution in [0.5, 0.6) is 5.75 Å². The lowest BCUT2D eigenvalue weighted by Crippen LogP contribution is -2.10. The molecule has 2 heteroatoms. The topological polar surface area (TPSA) is 9.23 Å². The third-order valence-electron chi connectivity index (χ3n) is 2.55. The highest BCUT2D eigenvalue weighted by atomic mass is 28.2. The second-order valence-electron chi connectivity index (χ2n) is 3.89. The highest BCUT2D eigenvalue weighted by molar-refractivity contribution is 6.61. The quantitative estimate of drug-likeness (QED) is 0.599. The molecular weight excluding hydrogens is 236 g/mol. The molecule has 0 aliphatic carbocycles. The van der Waals surface area contributed by atoms with Crippen molar-refractivity contribution in [2.45, 2.75) is 6.92 Å². The predicted octanol–water partition coefficient (Wildman–Crippen LogP) is 1.89. The zero-order valence-electron chi connectivity index (χ0n) is 10.5. The molecule has 2 aromatic carbocycles. The third kappa shape index (κ3) is 3.51. The molecule has 0 amide bonds. The summed E-state index contributed by atoms with van der Waals surface area (Å²) in [4.78, 5) is 0. The molecule has 0 radical (unpaired) electrons. The van der Waals surface area contributed by atoms with E-state index in [2.05, 4.69) is 35.7 Å². The van der Waals surface area contributed by atoms with Crippen LogP contribution >= 0.6 is 0 Å². The summed E-state index contributed by atoms with van der Waals surface area (Å²) in [6, 6.07) is 18.4. The van der Waals surface area contributed by atoms with Crippen molar-refractivity contribution in [2.75, 3.05) is 6.61 Å². The third-order valence-corrected chi connectivity index (χ3v) is 3.78. The van der Waals surface area contributed by atoms with Gasteiger partial charge in [0.25, 0.3) is 0 Å². The molecule has 0 unspecified atom stereocenters. The summed E-state index contributed by atoms with van der Waals surface area (Å²) in [5.41, 5.74) is 4.31. The summed E-state index contributed by atoms with van der Waals surface area (Å²) in [6.07, 6.45) is 0. The van der Waals surface area contributed by atoms with Gasteiger partial charge in [-0.2, -0.15) is 0 Å². The molecule has 0 aromatic heterocycles. The average molecular weight is 252 g/mol. The van der Waals surface area contributed by atoms with Crippen LogP contribution in [0.25, 0.3) is 0 Å². The Morgan fingerprint density at radius 3 is 2.50 bits per heavy atom. The van der Waals surface area contributed by atoms with Crippen LogP contribution in [-0.4, -0.2) is 16.1 Å². The first-order chi connectivity index (χ1) is 8.90. The van der Waals surface area contributed by atoms with Gasteiger partial charge in [-0.15, -0.1) is 5.54 Å². The molecule has 18 heavy (non-hydrogen) atoms. The molecule has 2 aromatic rings. The van der Waals surface area contributed by atoms with Crippen LogP contribution in [0.15, 0.2) is 54.6 Å². The van der Waals surface area contributed by atoms with E-state index < -0.39 is 9.52 Å². The van der Waals surface area contributed by atoms with Crippen LogP contribution in [0.3, 0.4) is 0 Å². The Morgan fingerprint density at radius 2 is 1.72 bits per heavy atom. The van der Waals surface area contributed by atoms with Crippen molar-refractivity contribution in [3.8, 4) is 17.2 Å².